The summed E-state index contributed by atoms with van der Waals surface area (Å²) in [4.78, 5) is 10.1. The number of benzene rings is 6. The molecule has 0 fully saturated rings. The third-order valence-electron chi connectivity index (χ3n) is 7.94. The highest BCUT2D eigenvalue weighted by molar-refractivity contribution is 6.04. The summed E-state index contributed by atoms with van der Waals surface area (Å²) in [5, 5.41) is 2.10. The van der Waals surface area contributed by atoms with Gasteiger partial charge in [-0.3, -0.25) is 0 Å². The summed E-state index contributed by atoms with van der Waals surface area (Å²) in [6, 6.07) is 49.3. The molecule has 0 saturated carbocycles. The lowest BCUT2D eigenvalue weighted by atomic mass is 9.92. The van der Waals surface area contributed by atoms with Gasteiger partial charge < -0.3 is 0 Å². The van der Waals surface area contributed by atoms with Crippen LogP contribution >= 0.6 is 0 Å². The lowest BCUT2D eigenvalue weighted by Gasteiger charge is -2.16. The summed E-state index contributed by atoms with van der Waals surface area (Å²) in [7, 11) is 0. The van der Waals surface area contributed by atoms with E-state index in [1.165, 1.54) is 6.07 Å². The maximum atomic E-state index is 14.3. The largest absolute Gasteiger partial charge is 0.271 e. The number of rotatable bonds is 6. The zero-order valence-corrected chi connectivity index (χ0v) is 24.1. The topological polar surface area (TPSA) is 25.8 Å². The molecule has 0 saturated heterocycles. The minimum atomic E-state index is -2.93. The molecular formula is C40H28F2N2. The number of halogens is 2. The minimum Gasteiger partial charge on any atom is -0.228 e. The van der Waals surface area contributed by atoms with E-state index in [9.17, 15) is 8.78 Å². The van der Waals surface area contributed by atoms with Crippen molar-refractivity contribution in [2.75, 3.05) is 0 Å². The van der Waals surface area contributed by atoms with Gasteiger partial charge in [-0.05, 0) is 45.2 Å². The fourth-order valence-electron chi connectivity index (χ4n) is 5.77. The second-order valence-corrected chi connectivity index (χ2v) is 10.9. The van der Waals surface area contributed by atoms with Crippen LogP contribution in [-0.2, 0) is 5.92 Å². The lowest BCUT2D eigenvalue weighted by molar-refractivity contribution is 0.0181. The van der Waals surface area contributed by atoms with E-state index in [4.69, 9.17) is 9.97 Å². The number of hydrogen-bond acceptors (Lipinski definition) is 2. The molecule has 0 aliphatic rings. The van der Waals surface area contributed by atoms with Gasteiger partial charge in [0.15, 0.2) is 5.82 Å². The predicted molar refractivity (Wildman–Crippen MR) is 176 cm³/mol. The van der Waals surface area contributed by atoms with Crippen LogP contribution in [0.25, 0.3) is 66.9 Å². The summed E-state index contributed by atoms with van der Waals surface area (Å²) >= 11 is 0. The molecule has 0 unspecified atom stereocenters. The Kier molecular flexibility index (Phi) is 7.03. The maximum absolute atomic E-state index is 14.3. The molecule has 6 aromatic carbocycles. The fraction of sp³-hybridized carbons (Fsp3) is 0.0500. The van der Waals surface area contributed by atoms with E-state index in [0.29, 0.717) is 11.4 Å². The molecule has 212 valence electrons. The molecule has 0 spiro atoms. The van der Waals surface area contributed by atoms with E-state index in [1.54, 1.807) is 18.2 Å². The molecule has 1 heterocycles. The number of aromatic nitrogens is 2. The van der Waals surface area contributed by atoms with E-state index in [0.717, 1.165) is 62.5 Å². The van der Waals surface area contributed by atoms with Gasteiger partial charge in [-0.1, -0.05) is 140 Å². The summed E-state index contributed by atoms with van der Waals surface area (Å²) in [5.74, 6) is -2.28. The van der Waals surface area contributed by atoms with Gasteiger partial charge in [0.1, 0.15) is 0 Å². The monoisotopic (exact) mass is 574 g/mol. The molecule has 7 rings (SSSR count). The van der Waals surface area contributed by atoms with E-state index in [-0.39, 0.29) is 5.56 Å². The standard InChI is InChI=1S/C40H28F2N2/c1-40(41,42)36-19-11-10-16-32(36)28-22-20-27(21-23-28)31-24-25-35(34-18-9-8-17-33(31)34)39-43-37(29-12-4-2-5-13-29)26-38(44-39)30-14-6-3-7-15-30/h2-26H,1H3. The van der Waals surface area contributed by atoms with Gasteiger partial charge in [0.25, 0.3) is 5.92 Å². The number of alkyl halides is 2. The Morgan fingerprint density at radius 3 is 1.45 bits per heavy atom. The first-order valence-corrected chi connectivity index (χ1v) is 14.6. The number of fused-ring (bicyclic) bond motifs is 1. The highest BCUT2D eigenvalue weighted by atomic mass is 19.3. The molecule has 44 heavy (non-hydrogen) atoms. The Balaban J connectivity index is 1.34. The molecule has 0 N–H and O–H groups in total. The van der Waals surface area contributed by atoms with Crippen molar-refractivity contribution in [1.82, 2.24) is 9.97 Å². The zero-order valence-electron chi connectivity index (χ0n) is 24.1. The van der Waals surface area contributed by atoms with Gasteiger partial charge in [-0.2, -0.15) is 0 Å². The Morgan fingerprint density at radius 2 is 0.886 bits per heavy atom. The van der Waals surface area contributed by atoms with Crippen molar-refractivity contribution >= 4 is 10.8 Å². The third kappa shape index (κ3) is 5.27. The zero-order chi connectivity index (χ0) is 30.1. The lowest BCUT2D eigenvalue weighted by Crippen LogP contribution is -2.08. The van der Waals surface area contributed by atoms with Crippen molar-refractivity contribution in [2.24, 2.45) is 0 Å². The van der Waals surface area contributed by atoms with Crippen LogP contribution in [0.4, 0.5) is 8.78 Å². The van der Waals surface area contributed by atoms with Gasteiger partial charge in [-0.25, -0.2) is 18.7 Å². The van der Waals surface area contributed by atoms with Crippen molar-refractivity contribution < 1.29 is 8.78 Å². The molecule has 1 aromatic heterocycles. The van der Waals surface area contributed by atoms with Crippen molar-refractivity contribution in [1.29, 1.82) is 0 Å². The fourth-order valence-corrected chi connectivity index (χ4v) is 5.77. The van der Waals surface area contributed by atoms with Gasteiger partial charge in [0.2, 0.25) is 0 Å². The van der Waals surface area contributed by atoms with Crippen molar-refractivity contribution in [2.45, 2.75) is 12.8 Å². The summed E-state index contributed by atoms with van der Waals surface area (Å²) in [6.45, 7) is 0.940. The highest BCUT2D eigenvalue weighted by Gasteiger charge is 2.27. The van der Waals surface area contributed by atoms with Crippen LogP contribution in [0, 0.1) is 0 Å². The number of nitrogens with zero attached hydrogens (tertiary/aromatic N) is 2. The Labute approximate surface area is 255 Å². The first-order valence-electron chi connectivity index (χ1n) is 14.6. The molecule has 0 bridgehead atoms. The van der Waals surface area contributed by atoms with Gasteiger partial charge in [-0.15, -0.1) is 0 Å². The molecule has 7 aromatic rings. The van der Waals surface area contributed by atoms with Crippen LogP contribution in [0.3, 0.4) is 0 Å². The smallest absolute Gasteiger partial charge is 0.228 e. The van der Waals surface area contributed by atoms with Gasteiger partial charge >= 0.3 is 0 Å². The van der Waals surface area contributed by atoms with Crippen LogP contribution in [0.5, 0.6) is 0 Å². The molecule has 0 radical (unpaired) electrons. The molecule has 4 heteroatoms. The van der Waals surface area contributed by atoms with Crippen LogP contribution in [0.2, 0.25) is 0 Å². The van der Waals surface area contributed by atoms with E-state index in [1.807, 2.05) is 78.9 Å². The molecule has 0 aliphatic heterocycles. The van der Waals surface area contributed by atoms with E-state index in [2.05, 4.69) is 48.5 Å². The van der Waals surface area contributed by atoms with E-state index >= 15 is 0 Å². The predicted octanol–water partition coefficient (Wildman–Crippen LogP) is 11.1. The number of hydrogen-bond donors (Lipinski definition) is 0. The van der Waals surface area contributed by atoms with E-state index < -0.39 is 5.92 Å². The first-order chi connectivity index (χ1) is 21.5. The van der Waals surface area contributed by atoms with Crippen LogP contribution in [0.15, 0.2) is 152 Å². The quantitative estimate of drug-likeness (QED) is 0.197. The first kappa shape index (κ1) is 27.4. The average molecular weight is 575 g/mol. The molecular weight excluding hydrogens is 546 g/mol. The highest BCUT2D eigenvalue weighted by Crippen LogP contribution is 2.39. The average Bonchev–Trinajstić information content (AvgIpc) is 3.08. The SMILES string of the molecule is CC(F)(F)c1ccccc1-c1ccc(-c2ccc(-c3nc(-c4ccccc4)cc(-c4ccccc4)n3)c3ccccc23)cc1. The molecule has 0 amide bonds. The molecule has 2 nitrogen and oxygen atoms in total. The second kappa shape index (κ2) is 11.3. The molecule has 0 aliphatic carbocycles. The third-order valence-corrected chi connectivity index (χ3v) is 7.94. The Hall–Kier alpha value is -5.48. The summed E-state index contributed by atoms with van der Waals surface area (Å²) < 4.78 is 28.7. The van der Waals surface area contributed by atoms with Gasteiger partial charge in [0.05, 0.1) is 11.4 Å². The van der Waals surface area contributed by atoms with Gasteiger partial charge in [0, 0.05) is 29.2 Å². The van der Waals surface area contributed by atoms with Crippen LogP contribution in [0.1, 0.15) is 12.5 Å². The summed E-state index contributed by atoms with van der Waals surface area (Å²) in [5.41, 5.74) is 8.07. The van der Waals surface area contributed by atoms with Crippen LogP contribution < -0.4 is 0 Å². The normalized spacial score (nSPS) is 11.5. The van der Waals surface area contributed by atoms with Crippen molar-refractivity contribution in [3.63, 3.8) is 0 Å². The van der Waals surface area contributed by atoms with Crippen molar-refractivity contribution in [3.8, 4) is 56.2 Å². The Morgan fingerprint density at radius 1 is 0.432 bits per heavy atom. The maximum Gasteiger partial charge on any atom is 0.271 e. The Bertz CT molecular complexity index is 2020. The minimum absolute atomic E-state index is 0.0233. The van der Waals surface area contributed by atoms with Crippen molar-refractivity contribution in [3.05, 3.63) is 157 Å². The second-order valence-electron chi connectivity index (χ2n) is 10.9. The summed E-state index contributed by atoms with van der Waals surface area (Å²) in [6.07, 6.45) is 0. The van der Waals surface area contributed by atoms with Crippen LogP contribution in [-0.4, -0.2) is 9.97 Å². The molecule has 0 atom stereocenters.